The molecule has 1 nitrogen and oxygen atoms in total. The molecule has 0 aliphatic heterocycles. The first-order chi connectivity index (χ1) is 7.81. The number of rotatable bonds is 3. The lowest BCUT2D eigenvalue weighted by Gasteiger charge is -2.09. The van der Waals surface area contributed by atoms with Gasteiger partial charge in [0.2, 0.25) is 0 Å². The van der Waals surface area contributed by atoms with Crippen molar-refractivity contribution in [3.05, 3.63) is 59.1 Å². The van der Waals surface area contributed by atoms with Crippen LogP contribution in [-0.4, -0.2) is 0 Å². The van der Waals surface area contributed by atoms with Crippen molar-refractivity contribution in [3.8, 4) is 11.5 Å². The molecular weight excluding hydrogens is 287 g/mol. The summed E-state index contributed by atoms with van der Waals surface area (Å²) in [7, 11) is 0. The fraction of sp³-hybridized carbons (Fsp3) is 0.0769. The minimum atomic E-state index is 0.656. The van der Waals surface area contributed by atoms with E-state index in [4.69, 9.17) is 16.3 Å². The zero-order chi connectivity index (χ0) is 11.4. The predicted molar refractivity (Wildman–Crippen MR) is 70.6 cm³/mol. The van der Waals surface area contributed by atoms with Gasteiger partial charge in [0.25, 0.3) is 0 Å². The van der Waals surface area contributed by atoms with Crippen molar-refractivity contribution in [3.63, 3.8) is 0 Å². The lowest BCUT2D eigenvalue weighted by Crippen LogP contribution is -1.87. The van der Waals surface area contributed by atoms with E-state index in [1.807, 2.05) is 48.5 Å². The Morgan fingerprint density at radius 2 is 1.75 bits per heavy atom. The van der Waals surface area contributed by atoms with Crippen LogP contribution in [-0.2, 0) is 5.33 Å². The highest BCUT2D eigenvalue weighted by Gasteiger charge is 2.06. The second-order valence-electron chi connectivity index (χ2n) is 3.28. The molecule has 0 N–H and O–H groups in total. The van der Waals surface area contributed by atoms with Crippen LogP contribution < -0.4 is 4.74 Å². The van der Waals surface area contributed by atoms with Gasteiger partial charge in [-0.05, 0) is 23.8 Å². The zero-order valence-electron chi connectivity index (χ0n) is 8.49. The molecule has 0 aliphatic carbocycles. The van der Waals surface area contributed by atoms with Gasteiger partial charge in [-0.2, -0.15) is 0 Å². The van der Waals surface area contributed by atoms with Crippen LogP contribution in [0.2, 0.25) is 5.02 Å². The van der Waals surface area contributed by atoms with Crippen LogP contribution in [0.5, 0.6) is 11.5 Å². The van der Waals surface area contributed by atoms with Gasteiger partial charge in [-0.1, -0.05) is 57.9 Å². The highest BCUT2D eigenvalue weighted by molar-refractivity contribution is 9.08. The summed E-state index contributed by atoms with van der Waals surface area (Å²) in [6.07, 6.45) is 0. The number of benzene rings is 2. The van der Waals surface area contributed by atoms with Crippen molar-refractivity contribution in [1.82, 2.24) is 0 Å². The van der Waals surface area contributed by atoms with E-state index in [0.717, 1.165) is 16.6 Å². The standard InChI is InChI=1S/C13H10BrClO/c14-9-10-5-4-8-12(13(10)15)16-11-6-2-1-3-7-11/h1-8H,9H2. The minimum absolute atomic E-state index is 0.656. The van der Waals surface area contributed by atoms with E-state index >= 15 is 0 Å². The maximum atomic E-state index is 6.20. The van der Waals surface area contributed by atoms with Crippen LogP contribution in [0.15, 0.2) is 48.5 Å². The molecule has 0 saturated heterocycles. The normalized spacial score (nSPS) is 10.1. The van der Waals surface area contributed by atoms with Crippen molar-refractivity contribution >= 4 is 27.5 Å². The fourth-order valence-corrected chi connectivity index (χ4v) is 2.21. The maximum absolute atomic E-state index is 6.20. The number of ether oxygens (including phenoxy) is 1. The van der Waals surface area contributed by atoms with Crippen LogP contribution in [0.4, 0.5) is 0 Å². The van der Waals surface area contributed by atoms with Crippen LogP contribution in [0.25, 0.3) is 0 Å². The SMILES string of the molecule is Clc1c(CBr)cccc1Oc1ccccc1. The second-order valence-corrected chi connectivity index (χ2v) is 4.22. The highest BCUT2D eigenvalue weighted by atomic mass is 79.9. The van der Waals surface area contributed by atoms with Crippen molar-refractivity contribution in [2.24, 2.45) is 0 Å². The van der Waals surface area contributed by atoms with Gasteiger partial charge in [0.15, 0.2) is 0 Å². The van der Waals surface area contributed by atoms with Gasteiger partial charge in [0, 0.05) is 5.33 Å². The number of halogens is 2. The van der Waals surface area contributed by atoms with Gasteiger partial charge >= 0.3 is 0 Å². The largest absolute Gasteiger partial charge is 0.456 e. The second kappa shape index (κ2) is 5.37. The monoisotopic (exact) mass is 296 g/mol. The Morgan fingerprint density at radius 1 is 1.00 bits per heavy atom. The minimum Gasteiger partial charge on any atom is -0.456 e. The van der Waals surface area contributed by atoms with Gasteiger partial charge < -0.3 is 4.74 Å². The van der Waals surface area contributed by atoms with E-state index in [9.17, 15) is 0 Å². The average Bonchev–Trinajstić information content (AvgIpc) is 2.33. The zero-order valence-corrected chi connectivity index (χ0v) is 10.8. The Bertz CT molecular complexity index is 471. The van der Waals surface area contributed by atoms with Crippen LogP contribution in [0, 0.1) is 0 Å². The molecule has 3 heteroatoms. The number of hydrogen-bond acceptors (Lipinski definition) is 1. The average molecular weight is 298 g/mol. The molecule has 2 rings (SSSR count). The molecule has 0 radical (unpaired) electrons. The quantitative estimate of drug-likeness (QED) is 0.722. The Kier molecular flexibility index (Phi) is 3.86. The predicted octanol–water partition coefficient (Wildman–Crippen LogP) is 5.03. The summed E-state index contributed by atoms with van der Waals surface area (Å²) < 4.78 is 5.70. The summed E-state index contributed by atoms with van der Waals surface area (Å²) in [4.78, 5) is 0. The molecule has 0 aromatic heterocycles. The van der Waals surface area contributed by atoms with E-state index in [1.54, 1.807) is 0 Å². The molecule has 0 bridgehead atoms. The lowest BCUT2D eigenvalue weighted by molar-refractivity contribution is 0.482. The third-order valence-corrected chi connectivity index (χ3v) is 3.19. The molecule has 2 aromatic rings. The molecule has 0 unspecified atom stereocenters. The molecule has 0 spiro atoms. The van der Waals surface area contributed by atoms with Gasteiger partial charge in [-0.3, -0.25) is 0 Å². The molecule has 0 aliphatic rings. The van der Waals surface area contributed by atoms with Gasteiger partial charge in [-0.25, -0.2) is 0 Å². The summed E-state index contributed by atoms with van der Waals surface area (Å²) >= 11 is 9.59. The molecule has 0 amide bonds. The molecule has 82 valence electrons. The Labute approximate surface area is 108 Å². The van der Waals surface area contributed by atoms with Gasteiger partial charge in [0.1, 0.15) is 11.5 Å². The first-order valence-corrected chi connectivity index (χ1v) is 6.37. The van der Waals surface area contributed by atoms with Crippen LogP contribution in [0.1, 0.15) is 5.56 Å². The summed E-state index contributed by atoms with van der Waals surface area (Å²) in [6, 6.07) is 15.4. The third kappa shape index (κ3) is 2.57. The Balaban J connectivity index is 2.28. The summed E-state index contributed by atoms with van der Waals surface area (Å²) in [5.41, 5.74) is 1.02. The third-order valence-electron chi connectivity index (χ3n) is 2.16. The van der Waals surface area contributed by atoms with Gasteiger partial charge in [0.05, 0.1) is 5.02 Å². The smallest absolute Gasteiger partial charge is 0.146 e. The Hall–Kier alpha value is -0.990. The summed E-state index contributed by atoms with van der Waals surface area (Å²) in [5.74, 6) is 1.47. The molecular formula is C13H10BrClO. The molecule has 0 fully saturated rings. The Morgan fingerprint density at radius 3 is 2.44 bits per heavy atom. The lowest BCUT2D eigenvalue weighted by atomic mass is 10.2. The van der Waals surface area contributed by atoms with Crippen LogP contribution in [0.3, 0.4) is 0 Å². The summed E-state index contributed by atoms with van der Waals surface area (Å²) in [5, 5.41) is 1.38. The molecule has 0 atom stereocenters. The van der Waals surface area contributed by atoms with Crippen LogP contribution >= 0.6 is 27.5 Å². The number of alkyl halides is 1. The fourth-order valence-electron chi connectivity index (χ4n) is 1.35. The molecule has 0 saturated carbocycles. The molecule has 16 heavy (non-hydrogen) atoms. The van der Waals surface area contributed by atoms with E-state index in [2.05, 4.69) is 15.9 Å². The first-order valence-electron chi connectivity index (χ1n) is 4.87. The van der Waals surface area contributed by atoms with E-state index < -0.39 is 0 Å². The first kappa shape index (κ1) is 11.5. The van der Waals surface area contributed by atoms with Crippen molar-refractivity contribution < 1.29 is 4.74 Å². The topological polar surface area (TPSA) is 9.23 Å². The van der Waals surface area contributed by atoms with E-state index in [-0.39, 0.29) is 0 Å². The summed E-state index contributed by atoms with van der Waals surface area (Å²) in [6.45, 7) is 0. The van der Waals surface area contributed by atoms with Crippen molar-refractivity contribution in [2.45, 2.75) is 5.33 Å². The number of para-hydroxylation sites is 1. The van der Waals surface area contributed by atoms with E-state index in [1.165, 1.54) is 0 Å². The number of hydrogen-bond donors (Lipinski definition) is 0. The van der Waals surface area contributed by atoms with Gasteiger partial charge in [-0.15, -0.1) is 0 Å². The van der Waals surface area contributed by atoms with Crippen molar-refractivity contribution in [1.29, 1.82) is 0 Å². The molecule has 2 aromatic carbocycles. The molecule has 0 heterocycles. The highest BCUT2D eigenvalue weighted by Crippen LogP contribution is 2.32. The van der Waals surface area contributed by atoms with E-state index in [0.29, 0.717) is 10.8 Å². The maximum Gasteiger partial charge on any atom is 0.146 e. The van der Waals surface area contributed by atoms with Crippen molar-refractivity contribution in [2.75, 3.05) is 0 Å².